The number of carbonyl (C=O) groups excluding carboxylic acids is 4. The minimum Gasteiger partial charge on any atom is -0.444 e. The van der Waals surface area contributed by atoms with Gasteiger partial charge in [-0.1, -0.05) is 31.2 Å². The van der Waals surface area contributed by atoms with Crippen molar-refractivity contribution in [2.45, 2.75) is 70.3 Å². The first-order chi connectivity index (χ1) is 33.2. The van der Waals surface area contributed by atoms with Crippen LogP contribution in [0.25, 0.3) is 17.2 Å². The second-order valence-electron chi connectivity index (χ2n) is 17.4. The molecule has 382 valence electrons. The fraction of sp³-hybridized carbons (Fsp3) is 0.479. The first-order valence-electron chi connectivity index (χ1n) is 22.8. The quantitative estimate of drug-likeness (QED) is 0.0292. The first-order valence-corrected chi connectivity index (χ1v) is 24.3. The molecule has 0 aromatic heterocycles. The SMILES string of the molecule is CCCN(CCCNC(=O)OC(C)(C)C)C(=O)C1=Cc2ccc(-c3cccc(S(=O)(=O)N4CC(CNC(=O)CCOCCOCCOCCC(=O)Oc5c(F)c(F)cc(F)c5F)C4)c3)cc2N=C(N)C1. The molecule has 0 bridgehead atoms. The standard InChI is InChI=1S/C48H60F4N6O11S/c1-5-15-57(16-7-14-54-47(62)69-48(2,3)4)46(61)35-23-34-11-10-33(25-39(34)56-40(53)26-35)32-8-6-9-36(24-32)70(63,64)58-29-31(30-58)28-55-41(59)12-17-65-19-21-67-22-20-66-18-13-42(60)68-45-43(51)37(49)27-38(50)44(45)52/h6,8-11,23-25,27,31H,5,7,12-22,26,28-30H2,1-4H3,(H2,53,56)(H,54,62)(H,55,59). The van der Waals surface area contributed by atoms with E-state index in [9.17, 15) is 45.2 Å². The lowest BCUT2D eigenvalue weighted by atomic mass is 10.0. The average molecular weight is 1010 g/mol. The van der Waals surface area contributed by atoms with E-state index in [4.69, 9.17) is 24.7 Å². The largest absolute Gasteiger partial charge is 0.444 e. The normalized spacial score (nSPS) is 14.1. The van der Waals surface area contributed by atoms with Crippen LogP contribution < -0.4 is 21.1 Å². The Morgan fingerprint density at radius 1 is 0.843 bits per heavy atom. The van der Waals surface area contributed by atoms with Crippen molar-refractivity contribution in [1.29, 1.82) is 0 Å². The van der Waals surface area contributed by atoms with Gasteiger partial charge in [-0.15, -0.1) is 0 Å². The number of amidine groups is 1. The molecule has 2 heterocycles. The Labute approximate surface area is 404 Å². The lowest BCUT2D eigenvalue weighted by Gasteiger charge is -2.38. The van der Waals surface area contributed by atoms with E-state index in [1.807, 2.05) is 19.1 Å². The fourth-order valence-electron chi connectivity index (χ4n) is 7.12. The van der Waals surface area contributed by atoms with Gasteiger partial charge >= 0.3 is 12.1 Å². The number of aliphatic imine (C=N–C) groups is 1. The molecule has 5 rings (SSSR count). The number of esters is 1. The predicted molar refractivity (Wildman–Crippen MR) is 250 cm³/mol. The van der Waals surface area contributed by atoms with Crippen molar-refractivity contribution in [3.8, 4) is 16.9 Å². The number of alkyl carbamates (subject to hydrolysis) is 1. The highest BCUT2D eigenvalue weighted by atomic mass is 32.2. The van der Waals surface area contributed by atoms with E-state index in [-0.39, 0.29) is 107 Å². The highest BCUT2D eigenvalue weighted by Crippen LogP contribution is 2.34. The molecule has 1 saturated heterocycles. The van der Waals surface area contributed by atoms with Gasteiger partial charge in [-0.3, -0.25) is 14.4 Å². The number of carbonyl (C=O) groups is 4. The van der Waals surface area contributed by atoms with Crippen molar-refractivity contribution < 1.29 is 68.8 Å². The zero-order chi connectivity index (χ0) is 51.0. The molecule has 22 heteroatoms. The molecule has 3 aromatic carbocycles. The minimum atomic E-state index is -3.85. The molecule has 0 spiro atoms. The van der Waals surface area contributed by atoms with Crippen LogP contribution >= 0.6 is 0 Å². The van der Waals surface area contributed by atoms with Crippen molar-refractivity contribution in [2.75, 3.05) is 78.9 Å². The maximum atomic E-state index is 13.8. The maximum absolute atomic E-state index is 13.8. The van der Waals surface area contributed by atoms with Crippen molar-refractivity contribution in [3.63, 3.8) is 0 Å². The topological polar surface area (TPSA) is 217 Å². The summed E-state index contributed by atoms with van der Waals surface area (Å²) < 4.78 is 108. The van der Waals surface area contributed by atoms with Crippen molar-refractivity contribution >= 4 is 51.5 Å². The molecular weight excluding hydrogens is 945 g/mol. The van der Waals surface area contributed by atoms with Gasteiger partial charge in [0.15, 0.2) is 11.6 Å². The van der Waals surface area contributed by atoms with Crippen LogP contribution in [0.15, 0.2) is 64.0 Å². The van der Waals surface area contributed by atoms with Gasteiger partial charge in [0.05, 0.1) is 56.6 Å². The summed E-state index contributed by atoms with van der Waals surface area (Å²) in [5.74, 6) is -9.96. The molecule has 0 radical (unpaired) electrons. The number of halogens is 4. The molecule has 0 unspecified atom stereocenters. The van der Waals surface area contributed by atoms with E-state index in [0.29, 0.717) is 54.0 Å². The van der Waals surface area contributed by atoms with Gasteiger partial charge in [-0.05, 0) is 69.0 Å². The zero-order valence-corrected chi connectivity index (χ0v) is 40.4. The Hall–Kier alpha value is -5.94. The van der Waals surface area contributed by atoms with E-state index in [1.165, 1.54) is 10.4 Å². The number of nitrogens with zero attached hydrogens (tertiary/aromatic N) is 3. The third-order valence-corrected chi connectivity index (χ3v) is 12.4. The van der Waals surface area contributed by atoms with Crippen LogP contribution in [0.5, 0.6) is 5.75 Å². The third-order valence-electron chi connectivity index (χ3n) is 10.6. The molecule has 4 N–H and O–H groups in total. The van der Waals surface area contributed by atoms with Gasteiger partial charge in [-0.2, -0.15) is 13.1 Å². The zero-order valence-electron chi connectivity index (χ0n) is 39.6. The van der Waals surface area contributed by atoms with Crippen LogP contribution in [0.2, 0.25) is 0 Å². The molecule has 3 amide bonds. The minimum absolute atomic E-state index is 0.00246. The van der Waals surface area contributed by atoms with Crippen molar-refractivity contribution in [1.82, 2.24) is 19.8 Å². The van der Waals surface area contributed by atoms with Gasteiger partial charge in [0.25, 0.3) is 0 Å². The molecule has 70 heavy (non-hydrogen) atoms. The number of fused-ring (bicyclic) bond motifs is 1. The number of ether oxygens (including phenoxy) is 5. The monoisotopic (exact) mass is 1000 g/mol. The van der Waals surface area contributed by atoms with Crippen LogP contribution in [0, 0.1) is 29.2 Å². The summed E-state index contributed by atoms with van der Waals surface area (Å²) in [5.41, 5.74) is 8.77. The molecule has 2 aliphatic heterocycles. The molecule has 1 fully saturated rings. The van der Waals surface area contributed by atoms with Gasteiger partial charge in [0, 0.05) is 75.2 Å². The average Bonchev–Trinajstić information content (AvgIpc) is 3.46. The van der Waals surface area contributed by atoms with E-state index < -0.39 is 63.1 Å². The predicted octanol–water partition coefficient (Wildman–Crippen LogP) is 6.01. The summed E-state index contributed by atoms with van der Waals surface area (Å²) >= 11 is 0. The smallest absolute Gasteiger partial charge is 0.407 e. The van der Waals surface area contributed by atoms with Crippen LogP contribution in [-0.2, 0) is 43.4 Å². The van der Waals surface area contributed by atoms with Gasteiger partial charge in [0.2, 0.25) is 39.2 Å². The molecular formula is C48H60F4N6O11S. The number of hydrogen-bond acceptors (Lipinski definition) is 13. The molecule has 2 aliphatic rings. The summed E-state index contributed by atoms with van der Waals surface area (Å²) in [7, 11) is -3.85. The molecule has 17 nitrogen and oxygen atoms in total. The highest BCUT2D eigenvalue weighted by molar-refractivity contribution is 7.89. The van der Waals surface area contributed by atoms with Gasteiger partial charge in [0.1, 0.15) is 11.4 Å². The van der Waals surface area contributed by atoms with Crippen LogP contribution in [0.4, 0.5) is 28.0 Å². The maximum Gasteiger partial charge on any atom is 0.407 e. The highest BCUT2D eigenvalue weighted by Gasteiger charge is 2.37. The Balaban J connectivity index is 0.990. The number of rotatable bonds is 25. The molecule has 0 aliphatic carbocycles. The van der Waals surface area contributed by atoms with Crippen molar-refractivity contribution in [2.24, 2.45) is 16.6 Å². The van der Waals surface area contributed by atoms with Crippen molar-refractivity contribution in [3.05, 3.63) is 82.9 Å². The number of benzene rings is 3. The summed E-state index contributed by atoms with van der Waals surface area (Å²) in [6, 6.07) is 12.1. The lowest BCUT2D eigenvalue weighted by Crippen LogP contribution is -2.53. The summed E-state index contributed by atoms with van der Waals surface area (Å²) in [6.45, 7) is 9.75. The third kappa shape index (κ3) is 16.3. The number of nitrogens with one attached hydrogen (secondary N) is 2. The molecule has 3 aromatic rings. The lowest BCUT2D eigenvalue weighted by molar-refractivity contribution is -0.136. The van der Waals surface area contributed by atoms with Crippen LogP contribution in [-0.4, -0.2) is 132 Å². The van der Waals surface area contributed by atoms with Gasteiger partial charge in [-0.25, -0.2) is 27.0 Å². The Morgan fingerprint density at radius 3 is 2.14 bits per heavy atom. The van der Waals surface area contributed by atoms with E-state index in [0.717, 1.165) is 6.42 Å². The second-order valence-corrected chi connectivity index (χ2v) is 19.4. The summed E-state index contributed by atoms with van der Waals surface area (Å²) in [4.78, 5) is 56.5. The summed E-state index contributed by atoms with van der Waals surface area (Å²) in [6.07, 6.45) is 2.29. The van der Waals surface area contributed by atoms with Crippen LogP contribution in [0.1, 0.15) is 65.4 Å². The number of hydrogen-bond donors (Lipinski definition) is 3. The second kappa shape index (κ2) is 25.8. The number of nitrogens with two attached hydrogens (primary N) is 1. The Morgan fingerprint density at radius 2 is 1.49 bits per heavy atom. The Bertz CT molecular complexity index is 2490. The summed E-state index contributed by atoms with van der Waals surface area (Å²) in [5, 5.41) is 5.53. The van der Waals surface area contributed by atoms with Crippen LogP contribution in [0.3, 0.4) is 0 Å². The van der Waals surface area contributed by atoms with E-state index in [1.54, 1.807) is 56.0 Å². The fourth-order valence-corrected chi connectivity index (χ4v) is 8.76. The Kier molecular flexibility index (Phi) is 20.3. The molecule has 0 saturated carbocycles. The number of amides is 3. The molecule has 0 atom stereocenters. The number of sulfonamides is 1. The van der Waals surface area contributed by atoms with E-state index >= 15 is 0 Å². The van der Waals surface area contributed by atoms with Gasteiger partial charge < -0.3 is 45.0 Å². The van der Waals surface area contributed by atoms with E-state index in [2.05, 4.69) is 20.4 Å². The first kappa shape index (κ1) is 55.0.